The molecule has 0 bridgehead atoms. The molecular weight excluding hydrogens is 418 g/mol. The van der Waals surface area contributed by atoms with E-state index in [0.717, 1.165) is 54.3 Å². The monoisotopic (exact) mass is 451 g/mol. The lowest BCUT2D eigenvalue weighted by Gasteiger charge is -2.46. The van der Waals surface area contributed by atoms with E-state index in [0.29, 0.717) is 24.8 Å². The van der Waals surface area contributed by atoms with Crippen LogP contribution >= 0.6 is 0 Å². The number of hydrogen-bond donors (Lipinski definition) is 2. The molecule has 0 saturated carbocycles. The van der Waals surface area contributed by atoms with Gasteiger partial charge in [-0.05, 0) is 63.4 Å². The number of aromatic hydroxyl groups is 1. The fourth-order valence-electron chi connectivity index (χ4n) is 5.11. The maximum Gasteiger partial charge on any atom is 0.231 e. The Bertz CT molecular complexity index is 1040. The molecule has 1 atom stereocenters. The van der Waals surface area contributed by atoms with Gasteiger partial charge in [-0.2, -0.15) is 0 Å². The number of piperidine rings is 1. The third-order valence-corrected chi connectivity index (χ3v) is 6.96. The van der Waals surface area contributed by atoms with Gasteiger partial charge in [-0.3, -0.25) is 10.3 Å². The van der Waals surface area contributed by atoms with Gasteiger partial charge in [0.25, 0.3) is 0 Å². The first-order chi connectivity index (χ1) is 16.0. The van der Waals surface area contributed by atoms with Crippen LogP contribution in [0.2, 0.25) is 0 Å². The molecule has 3 aliphatic rings. The highest BCUT2D eigenvalue weighted by molar-refractivity contribution is 6.02. The summed E-state index contributed by atoms with van der Waals surface area (Å²) >= 11 is 0. The molecule has 3 aliphatic heterocycles. The van der Waals surface area contributed by atoms with Gasteiger partial charge in [0.1, 0.15) is 5.66 Å². The van der Waals surface area contributed by atoms with E-state index in [9.17, 15) is 5.11 Å². The van der Waals surface area contributed by atoms with Crippen molar-refractivity contribution in [2.45, 2.75) is 57.8 Å². The first kappa shape index (κ1) is 22.0. The molecule has 3 heterocycles. The summed E-state index contributed by atoms with van der Waals surface area (Å²) in [6, 6.07) is 12.2. The van der Waals surface area contributed by atoms with Crippen molar-refractivity contribution in [1.29, 1.82) is 0 Å². The van der Waals surface area contributed by atoms with E-state index >= 15 is 0 Å². The predicted octanol–water partition coefficient (Wildman–Crippen LogP) is 4.24. The molecule has 7 nitrogen and oxygen atoms in total. The third-order valence-electron chi connectivity index (χ3n) is 6.96. The molecule has 0 unspecified atom stereocenters. The van der Waals surface area contributed by atoms with Crippen LogP contribution in [0.25, 0.3) is 0 Å². The van der Waals surface area contributed by atoms with Gasteiger partial charge >= 0.3 is 0 Å². The minimum Gasteiger partial charge on any atom is -0.504 e. The molecule has 2 aromatic rings. The molecule has 1 spiro atoms. The van der Waals surface area contributed by atoms with Crippen LogP contribution in [0.3, 0.4) is 0 Å². The summed E-state index contributed by atoms with van der Waals surface area (Å²) in [7, 11) is 0. The van der Waals surface area contributed by atoms with Crippen LogP contribution in [-0.4, -0.2) is 53.9 Å². The van der Waals surface area contributed by atoms with Crippen molar-refractivity contribution in [2.75, 3.05) is 26.5 Å². The van der Waals surface area contributed by atoms with Crippen molar-refractivity contribution in [1.82, 2.24) is 10.2 Å². The van der Waals surface area contributed by atoms with E-state index < -0.39 is 0 Å². The lowest BCUT2D eigenvalue weighted by molar-refractivity contribution is 0.103. The molecule has 1 fully saturated rings. The van der Waals surface area contributed by atoms with Gasteiger partial charge in [-0.1, -0.05) is 12.1 Å². The molecule has 0 radical (unpaired) electrons. The summed E-state index contributed by atoms with van der Waals surface area (Å²) in [4.78, 5) is 7.80. The van der Waals surface area contributed by atoms with Gasteiger partial charge in [0.2, 0.25) is 6.79 Å². The number of likely N-dealkylation sites (tertiary alicyclic amines) is 1. The maximum atomic E-state index is 11.0. The molecule has 0 aliphatic carbocycles. The van der Waals surface area contributed by atoms with Gasteiger partial charge in [-0.15, -0.1) is 0 Å². The average Bonchev–Trinajstić information content (AvgIpc) is 3.28. The molecule has 5 rings (SSSR count). The number of nitrogens with one attached hydrogen (secondary N) is 1. The van der Waals surface area contributed by atoms with Crippen LogP contribution in [0.1, 0.15) is 57.2 Å². The zero-order chi connectivity index (χ0) is 23.0. The number of rotatable bonds is 5. The Balaban J connectivity index is 1.51. The summed E-state index contributed by atoms with van der Waals surface area (Å²) in [5.41, 5.74) is 2.54. The van der Waals surface area contributed by atoms with E-state index in [-0.39, 0.29) is 24.2 Å². The highest BCUT2D eigenvalue weighted by Gasteiger charge is 2.41. The maximum absolute atomic E-state index is 11.0. The Labute approximate surface area is 195 Å². The Hall–Kier alpha value is -2.77. The van der Waals surface area contributed by atoms with Gasteiger partial charge in [-0.25, -0.2) is 0 Å². The number of fused-ring (bicyclic) bond motifs is 1. The van der Waals surface area contributed by atoms with E-state index in [1.165, 1.54) is 0 Å². The molecule has 1 saturated heterocycles. The summed E-state index contributed by atoms with van der Waals surface area (Å²) in [6.07, 6.45) is 2.50. The zero-order valence-electron chi connectivity index (χ0n) is 19.6. The van der Waals surface area contributed by atoms with Crippen LogP contribution in [0, 0.1) is 0 Å². The first-order valence-electron chi connectivity index (χ1n) is 11.9. The molecule has 176 valence electrons. The summed E-state index contributed by atoms with van der Waals surface area (Å²) in [5, 5.41) is 14.8. The number of para-hydroxylation sites is 1. The van der Waals surface area contributed by atoms with Crippen LogP contribution in [0.5, 0.6) is 23.0 Å². The molecule has 7 heteroatoms. The van der Waals surface area contributed by atoms with Crippen LogP contribution in [-0.2, 0) is 0 Å². The topological polar surface area (TPSA) is 75.5 Å². The number of phenols is 1. The molecule has 0 amide bonds. The molecule has 2 aromatic carbocycles. The van der Waals surface area contributed by atoms with Crippen LogP contribution < -0.4 is 19.5 Å². The standard InChI is InChI=1S/C26H33N3O4/c1-4-31-23-7-5-6-19(25(23)30)21-15-20(18-8-9-22-24(14-18)33-16-32-22)27-26(28-21)10-12-29(13-11-26)17(2)3/h5-9,14,17,21,28,30H,4,10-13,15-16H2,1-3H3/t21-/m1/s1. The smallest absolute Gasteiger partial charge is 0.231 e. The normalized spacial score (nSPS) is 21.9. The Kier molecular flexibility index (Phi) is 5.93. The van der Waals surface area contributed by atoms with Crippen molar-refractivity contribution >= 4 is 5.71 Å². The van der Waals surface area contributed by atoms with E-state index in [1.54, 1.807) is 0 Å². The molecule has 0 aromatic heterocycles. The minimum atomic E-state index is -0.367. The zero-order valence-corrected chi connectivity index (χ0v) is 19.6. The highest BCUT2D eigenvalue weighted by atomic mass is 16.7. The van der Waals surface area contributed by atoms with Crippen molar-refractivity contribution in [3.8, 4) is 23.0 Å². The second-order valence-corrected chi connectivity index (χ2v) is 9.32. The van der Waals surface area contributed by atoms with E-state index in [1.807, 2.05) is 37.3 Å². The second-order valence-electron chi connectivity index (χ2n) is 9.32. The van der Waals surface area contributed by atoms with Gasteiger partial charge in [0.05, 0.1) is 6.61 Å². The molecule has 33 heavy (non-hydrogen) atoms. The van der Waals surface area contributed by atoms with Crippen molar-refractivity contribution in [3.05, 3.63) is 47.5 Å². The Morgan fingerprint density at radius 3 is 2.73 bits per heavy atom. The fraction of sp³-hybridized carbons (Fsp3) is 0.500. The summed E-state index contributed by atoms with van der Waals surface area (Å²) < 4.78 is 16.8. The van der Waals surface area contributed by atoms with E-state index in [2.05, 4.69) is 30.1 Å². The van der Waals surface area contributed by atoms with Crippen molar-refractivity contribution in [3.63, 3.8) is 0 Å². The van der Waals surface area contributed by atoms with E-state index in [4.69, 9.17) is 19.2 Å². The summed E-state index contributed by atoms with van der Waals surface area (Å²) in [6.45, 7) is 9.14. The number of aliphatic imine (C=N–C) groups is 1. The predicted molar refractivity (Wildman–Crippen MR) is 128 cm³/mol. The van der Waals surface area contributed by atoms with Crippen LogP contribution in [0.15, 0.2) is 41.4 Å². The average molecular weight is 452 g/mol. The SMILES string of the molecule is CCOc1cccc([C@H]2CC(c3ccc4c(c3)OCO4)=NC3(CCN(C(C)C)CC3)N2)c1O. The lowest BCUT2D eigenvalue weighted by atomic mass is 9.87. The van der Waals surface area contributed by atoms with Crippen molar-refractivity contribution in [2.24, 2.45) is 4.99 Å². The van der Waals surface area contributed by atoms with Crippen LogP contribution in [0.4, 0.5) is 0 Å². The minimum absolute atomic E-state index is 0.0751. The molecule has 2 N–H and O–H groups in total. The number of benzene rings is 2. The summed E-state index contributed by atoms with van der Waals surface area (Å²) in [5.74, 6) is 2.26. The largest absolute Gasteiger partial charge is 0.504 e. The quantitative estimate of drug-likeness (QED) is 0.708. The number of hydrogen-bond acceptors (Lipinski definition) is 7. The van der Waals surface area contributed by atoms with Gasteiger partial charge < -0.3 is 24.2 Å². The third kappa shape index (κ3) is 4.27. The van der Waals surface area contributed by atoms with Gasteiger partial charge in [0.15, 0.2) is 23.0 Å². The molecular formula is C26H33N3O4. The second kappa shape index (κ2) is 8.88. The number of nitrogens with zero attached hydrogens (tertiary/aromatic N) is 2. The number of ether oxygens (including phenoxy) is 3. The van der Waals surface area contributed by atoms with Gasteiger partial charge in [0, 0.05) is 42.9 Å². The first-order valence-corrected chi connectivity index (χ1v) is 11.9. The van der Waals surface area contributed by atoms with Crippen molar-refractivity contribution < 1.29 is 19.3 Å². The lowest BCUT2D eigenvalue weighted by Crippen LogP contribution is -2.56. The Morgan fingerprint density at radius 2 is 1.97 bits per heavy atom. The number of phenolic OH excluding ortho intramolecular Hbond substituents is 1. The highest BCUT2D eigenvalue weighted by Crippen LogP contribution is 2.42. The Morgan fingerprint density at radius 1 is 1.18 bits per heavy atom. The fourth-order valence-corrected chi connectivity index (χ4v) is 5.11.